The Morgan fingerprint density at radius 3 is 2.75 bits per heavy atom. The summed E-state index contributed by atoms with van der Waals surface area (Å²) in [7, 11) is 0. The van der Waals surface area contributed by atoms with Crippen LogP contribution in [0.4, 0.5) is 0 Å². The smallest absolute Gasteiger partial charge is 0.181 e. The minimum atomic E-state index is 0.654. The second-order valence-electron chi connectivity index (χ2n) is 3.29. The number of aldehydes is 1. The molecule has 4 heteroatoms. The van der Waals surface area contributed by atoms with Crippen molar-refractivity contribution in [2.24, 2.45) is 0 Å². The second-order valence-corrected chi connectivity index (χ2v) is 4.80. The van der Waals surface area contributed by atoms with Crippen molar-refractivity contribution < 1.29 is 9.53 Å². The van der Waals surface area contributed by atoms with Crippen LogP contribution in [0.2, 0.25) is 5.02 Å². The van der Waals surface area contributed by atoms with E-state index in [1.807, 2.05) is 19.1 Å². The first-order chi connectivity index (χ1) is 7.69. The average Bonchev–Trinajstić information content (AvgIpc) is 2.70. The molecule has 16 heavy (non-hydrogen) atoms. The Kier molecular flexibility index (Phi) is 3.27. The molecular formula is C12H9ClO2S. The quantitative estimate of drug-likeness (QED) is 0.761. The fraction of sp³-hybridized carbons (Fsp3) is 0.0833. The van der Waals surface area contributed by atoms with Crippen molar-refractivity contribution in [1.82, 2.24) is 0 Å². The lowest BCUT2D eigenvalue weighted by Crippen LogP contribution is -1.84. The van der Waals surface area contributed by atoms with Crippen LogP contribution in [0.15, 0.2) is 30.3 Å². The number of thiophene rings is 1. The Morgan fingerprint density at radius 2 is 2.12 bits per heavy atom. The Bertz CT molecular complexity index is 519. The van der Waals surface area contributed by atoms with Gasteiger partial charge in [-0.05, 0) is 42.8 Å². The summed E-state index contributed by atoms with van der Waals surface area (Å²) in [5.41, 5.74) is 0.966. The van der Waals surface area contributed by atoms with Crippen molar-refractivity contribution in [1.29, 1.82) is 0 Å². The van der Waals surface area contributed by atoms with Gasteiger partial charge in [-0.3, -0.25) is 4.79 Å². The average molecular weight is 253 g/mol. The first-order valence-electron chi connectivity index (χ1n) is 4.68. The van der Waals surface area contributed by atoms with E-state index in [4.69, 9.17) is 16.3 Å². The number of carbonyl (C=O) groups excluding carboxylic acids is 1. The van der Waals surface area contributed by atoms with Crippen LogP contribution in [0.5, 0.6) is 10.8 Å². The predicted octanol–water partition coefficient (Wildman–Crippen LogP) is 4.31. The molecule has 0 bridgehead atoms. The fourth-order valence-electron chi connectivity index (χ4n) is 1.29. The van der Waals surface area contributed by atoms with Crippen LogP contribution in [-0.4, -0.2) is 6.29 Å². The minimum absolute atomic E-state index is 0.654. The van der Waals surface area contributed by atoms with Crippen molar-refractivity contribution in [2.75, 3.05) is 0 Å². The molecule has 0 fully saturated rings. The summed E-state index contributed by atoms with van der Waals surface area (Å²) >= 11 is 7.16. The molecule has 0 atom stereocenters. The van der Waals surface area contributed by atoms with Gasteiger partial charge in [-0.2, -0.15) is 0 Å². The first-order valence-corrected chi connectivity index (χ1v) is 5.87. The molecule has 82 valence electrons. The van der Waals surface area contributed by atoms with Crippen LogP contribution in [0.3, 0.4) is 0 Å². The van der Waals surface area contributed by atoms with Crippen molar-refractivity contribution in [3.63, 3.8) is 0 Å². The van der Waals surface area contributed by atoms with Gasteiger partial charge in [0.2, 0.25) is 0 Å². The van der Waals surface area contributed by atoms with E-state index in [-0.39, 0.29) is 0 Å². The number of rotatable bonds is 3. The molecule has 0 aliphatic rings. The van der Waals surface area contributed by atoms with E-state index in [1.165, 1.54) is 11.3 Å². The van der Waals surface area contributed by atoms with Gasteiger partial charge in [0, 0.05) is 5.02 Å². The molecule has 0 amide bonds. The highest BCUT2D eigenvalue weighted by atomic mass is 35.5. The number of benzene rings is 1. The lowest BCUT2D eigenvalue weighted by atomic mass is 10.2. The fourth-order valence-corrected chi connectivity index (χ4v) is 2.20. The van der Waals surface area contributed by atoms with Crippen LogP contribution in [0, 0.1) is 6.92 Å². The number of carbonyl (C=O) groups is 1. The SMILES string of the molecule is Cc1cc(Cl)ccc1Oc1ccc(C=O)s1. The van der Waals surface area contributed by atoms with E-state index >= 15 is 0 Å². The highest BCUT2D eigenvalue weighted by Gasteiger charge is 2.04. The third-order valence-electron chi connectivity index (χ3n) is 2.07. The molecule has 0 aliphatic carbocycles. The number of aryl methyl sites for hydroxylation is 1. The molecule has 1 aromatic carbocycles. The Morgan fingerprint density at radius 1 is 1.31 bits per heavy atom. The van der Waals surface area contributed by atoms with Crippen LogP contribution in [0.25, 0.3) is 0 Å². The maximum atomic E-state index is 10.5. The highest BCUT2D eigenvalue weighted by Crippen LogP contribution is 2.31. The van der Waals surface area contributed by atoms with E-state index in [2.05, 4.69) is 0 Å². The molecule has 2 rings (SSSR count). The van der Waals surface area contributed by atoms with E-state index in [0.717, 1.165) is 17.6 Å². The summed E-state index contributed by atoms with van der Waals surface area (Å²) in [5, 5.41) is 1.39. The Hall–Kier alpha value is -1.32. The third kappa shape index (κ3) is 2.43. The third-order valence-corrected chi connectivity index (χ3v) is 3.19. The number of ether oxygens (including phenoxy) is 1. The molecule has 0 radical (unpaired) electrons. The van der Waals surface area contributed by atoms with Gasteiger partial charge in [0.1, 0.15) is 5.75 Å². The molecule has 0 unspecified atom stereocenters. The van der Waals surface area contributed by atoms with Gasteiger partial charge in [0.05, 0.1) is 4.88 Å². The largest absolute Gasteiger partial charge is 0.446 e. The van der Waals surface area contributed by atoms with Gasteiger partial charge in [0.15, 0.2) is 11.3 Å². The van der Waals surface area contributed by atoms with Gasteiger partial charge in [-0.25, -0.2) is 0 Å². The molecule has 0 spiro atoms. The standard InChI is InChI=1S/C12H9ClO2S/c1-8-6-9(13)2-4-11(8)15-12-5-3-10(7-14)16-12/h2-7H,1H3. The lowest BCUT2D eigenvalue weighted by Gasteiger charge is -2.06. The van der Waals surface area contributed by atoms with E-state index in [0.29, 0.717) is 15.0 Å². The molecule has 2 aromatic rings. The van der Waals surface area contributed by atoms with E-state index < -0.39 is 0 Å². The first kappa shape index (κ1) is 11.2. The van der Waals surface area contributed by atoms with Gasteiger partial charge < -0.3 is 4.74 Å². The van der Waals surface area contributed by atoms with Crippen LogP contribution < -0.4 is 4.74 Å². The maximum Gasteiger partial charge on any atom is 0.181 e. The topological polar surface area (TPSA) is 26.3 Å². The maximum absolute atomic E-state index is 10.5. The zero-order valence-electron chi connectivity index (χ0n) is 8.57. The minimum Gasteiger partial charge on any atom is -0.446 e. The van der Waals surface area contributed by atoms with E-state index in [9.17, 15) is 4.79 Å². The number of hydrogen-bond donors (Lipinski definition) is 0. The molecule has 0 N–H and O–H groups in total. The Balaban J connectivity index is 2.23. The van der Waals surface area contributed by atoms with Crippen LogP contribution >= 0.6 is 22.9 Å². The summed E-state index contributed by atoms with van der Waals surface area (Å²) in [5.74, 6) is 0.753. The van der Waals surface area contributed by atoms with Crippen molar-refractivity contribution in [3.8, 4) is 10.8 Å². The van der Waals surface area contributed by atoms with Gasteiger partial charge >= 0.3 is 0 Å². The zero-order valence-corrected chi connectivity index (χ0v) is 10.1. The van der Waals surface area contributed by atoms with E-state index in [1.54, 1.807) is 18.2 Å². The monoisotopic (exact) mass is 252 g/mol. The summed E-state index contributed by atoms with van der Waals surface area (Å²) < 4.78 is 5.65. The highest BCUT2D eigenvalue weighted by molar-refractivity contribution is 7.15. The molecule has 1 aromatic heterocycles. The normalized spacial score (nSPS) is 10.1. The van der Waals surface area contributed by atoms with Crippen LogP contribution in [-0.2, 0) is 0 Å². The molecular weight excluding hydrogens is 244 g/mol. The van der Waals surface area contributed by atoms with Gasteiger partial charge in [-0.15, -0.1) is 0 Å². The summed E-state index contributed by atoms with van der Waals surface area (Å²) in [4.78, 5) is 11.2. The van der Waals surface area contributed by atoms with Crippen molar-refractivity contribution in [2.45, 2.75) is 6.92 Å². The molecule has 0 saturated heterocycles. The molecule has 1 heterocycles. The molecule has 2 nitrogen and oxygen atoms in total. The zero-order chi connectivity index (χ0) is 11.5. The number of halogens is 1. The molecule has 0 saturated carbocycles. The summed E-state index contributed by atoms with van der Waals surface area (Å²) in [6.45, 7) is 1.93. The number of hydrogen-bond acceptors (Lipinski definition) is 3. The second kappa shape index (κ2) is 4.68. The van der Waals surface area contributed by atoms with Crippen molar-refractivity contribution in [3.05, 3.63) is 45.8 Å². The Labute approximate surface area is 102 Å². The van der Waals surface area contributed by atoms with Gasteiger partial charge in [0.25, 0.3) is 0 Å². The molecule has 0 aliphatic heterocycles. The van der Waals surface area contributed by atoms with Crippen LogP contribution in [0.1, 0.15) is 15.2 Å². The summed E-state index contributed by atoms with van der Waals surface area (Å²) in [6, 6.07) is 8.95. The van der Waals surface area contributed by atoms with Crippen molar-refractivity contribution >= 4 is 29.2 Å². The predicted molar refractivity (Wildman–Crippen MR) is 66.0 cm³/mol. The summed E-state index contributed by atoms with van der Waals surface area (Å²) in [6.07, 6.45) is 0.812. The lowest BCUT2D eigenvalue weighted by molar-refractivity contribution is 0.112. The van der Waals surface area contributed by atoms with Gasteiger partial charge in [-0.1, -0.05) is 22.9 Å².